The van der Waals surface area contributed by atoms with Gasteiger partial charge in [0, 0.05) is 6.04 Å². The van der Waals surface area contributed by atoms with Crippen molar-refractivity contribution in [3.05, 3.63) is 28.8 Å². The van der Waals surface area contributed by atoms with Crippen molar-refractivity contribution in [2.75, 3.05) is 7.11 Å². The number of hydrogen-bond donors (Lipinski definition) is 2. The molecule has 1 aromatic rings. The van der Waals surface area contributed by atoms with E-state index >= 15 is 0 Å². The largest absolute Gasteiger partial charge is 0.496 e. The molecule has 0 heterocycles. The first-order valence-electron chi connectivity index (χ1n) is 7.71. The van der Waals surface area contributed by atoms with Crippen molar-refractivity contribution in [1.82, 2.24) is 5.43 Å². The molecule has 20 heavy (non-hydrogen) atoms. The van der Waals surface area contributed by atoms with E-state index in [-0.39, 0.29) is 6.04 Å². The van der Waals surface area contributed by atoms with E-state index < -0.39 is 0 Å². The summed E-state index contributed by atoms with van der Waals surface area (Å²) in [6.07, 6.45) is 5.19. The van der Waals surface area contributed by atoms with Crippen LogP contribution in [0.15, 0.2) is 12.1 Å². The molecular formula is C17H28N2O. The third-order valence-electron chi connectivity index (χ3n) is 4.93. The summed E-state index contributed by atoms with van der Waals surface area (Å²) in [5, 5.41) is 0. The Balaban J connectivity index is 2.26. The molecule has 0 aromatic heterocycles. The van der Waals surface area contributed by atoms with Crippen molar-refractivity contribution in [3.8, 4) is 5.75 Å². The molecule has 0 amide bonds. The number of hydrazine groups is 1. The Morgan fingerprint density at radius 3 is 2.60 bits per heavy atom. The van der Waals surface area contributed by atoms with Crippen molar-refractivity contribution in [1.29, 1.82) is 0 Å². The highest BCUT2D eigenvalue weighted by atomic mass is 16.5. The molecule has 3 atom stereocenters. The van der Waals surface area contributed by atoms with Gasteiger partial charge in [0.1, 0.15) is 5.75 Å². The first-order chi connectivity index (χ1) is 9.60. The number of aryl methyl sites for hydroxylation is 2. The summed E-state index contributed by atoms with van der Waals surface area (Å²) in [4.78, 5) is 0. The summed E-state index contributed by atoms with van der Waals surface area (Å²) in [7, 11) is 1.73. The number of benzene rings is 1. The summed E-state index contributed by atoms with van der Waals surface area (Å²) >= 11 is 0. The van der Waals surface area contributed by atoms with E-state index in [2.05, 4.69) is 38.3 Å². The van der Waals surface area contributed by atoms with Crippen molar-refractivity contribution in [3.63, 3.8) is 0 Å². The summed E-state index contributed by atoms with van der Waals surface area (Å²) in [5.41, 5.74) is 6.83. The summed E-state index contributed by atoms with van der Waals surface area (Å²) < 4.78 is 5.40. The molecule has 3 nitrogen and oxygen atoms in total. The topological polar surface area (TPSA) is 47.3 Å². The molecule has 0 spiro atoms. The lowest BCUT2D eigenvalue weighted by Gasteiger charge is -2.26. The highest BCUT2D eigenvalue weighted by molar-refractivity contribution is 5.43. The number of hydrogen-bond acceptors (Lipinski definition) is 3. The Hall–Kier alpha value is -1.06. The number of nitrogens with one attached hydrogen (secondary N) is 1. The van der Waals surface area contributed by atoms with Gasteiger partial charge >= 0.3 is 0 Å². The molecule has 112 valence electrons. The fraction of sp³-hybridized carbons (Fsp3) is 0.647. The van der Waals surface area contributed by atoms with Crippen LogP contribution in [-0.4, -0.2) is 7.11 Å². The van der Waals surface area contributed by atoms with Gasteiger partial charge in [-0.15, -0.1) is 0 Å². The molecule has 1 aliphatic carbocycles. The van der Waals surface area contributed by atoms with Crippen LogP contribution in [-0.2, 0) is 0 Å². The van der Waals surface area contributed by atoms with Crippen LogP contribution >= 0.6 is 0 Å². The second-order valence-electron chi connectivity index (χ2n) is 6.17. The van der Waals surface area contributed by atoms with Crippen LogP contribution in [0.25, 0.3) is 0 Å². The van der Waals surface area contributed by atoms with Gasteiger partial charge in [0.2, 0.25) is 0 Å². The average molecular weight is 276 g/mol. The van der Waals surface area contributed by atoms with Crippen LogP contribution in [0.2, 0.25) is 0 Å². The fourth-order valence-electron chi connectivity index (χ4n) is 3.63. The molecule has 1 fully saturated rings. The molecule has 0 aliphatic heterocycles. The van der Waals surface area contributed by atoms with E-state index in [1.807, 2.05) is 0 Å². The second kappa shape index (κ2) is 6.59. The van der Waals surface area contributed by atoms with Gasteiger partial charge < -0.3 is 4.74 Å². The van der Waals surface area contributed by atoms with Gasteiger partial charge in [-0.3, -0.25) is 11.3 Å². The van der Waals surface area contributed by atoms with E-state index in [0.717, 1.165) is 11.7 Å². The Labute approximate surface area is 122 Å². The SMILES string of the molecule is CCC1CCC(C(NN)c2cc(C)c(OC)cc2C)C1. The number of ether oxygens (including phenoxy) is 1. The molecular weight excluding hydrogens is 248 g/mol. The van der Waals surface area contributed by atoms with Crippen molar-refractivity contribution >= 4 is 0 Å². The number of rotatable bonds is 5. The van der Waals surface area contributed by atoms with E-state index in [9.17, 15) is 0 Å². The van der Waals surface area contributed by atoms with E-state index in [1.54, 1.807) is 7.11 Å². The molecule has 3 unspecified atom stereocenters. The summed E-state index contributed by atoms with van der Waals surface area (Å²) in [5.74, 6) is 8.36. The van der Waals surface area contributed by atoms with E-state index in [1.165, 1.54) is 42.4 Å². The molecule has 1 aliphatic rings. The maximum absolute atomic E-state index is 5.88. The lowest BCUT2D eigenvalue weighted by Crippen LogP contribution is -2.33. The van der Waals surface area contributed by atoms with Crippen molar-refractivity contribution in [2.45, 2.75) is 52.5 Å². The quantitative estimate of drug-likeness (QED) is 0.637. The van der Waals surface area contributed by atoms with Gasteiger partial charge in [-0.25, -0.2) is 0 Å². The second-order valence-corrected chi connectivity index (χ2v) is 6.17. The maximum atomic E-state index is 5.88. The van der Waals surface area contributed by atoms with Gasteiger partial charge in [-0.05, 0) is 61.3 Å². The number of methoxy groups -OCH3 is 1. The maximum Gasteiger partial charge on any atom is 0.122 e. The van der Waals surface area contributed by atoms with Crippen molar-refractivity contribution < 1.29 is 4.74 Å². The third-order valence-corrected chi connectivity index (χ3v) is 4.93. The third kappa shape index (κ3) is 2.99. The predicted octanol–water partition coefficient (Wildman–Crippen LogP) is 3.64. The Bertz CT molecular complexity index is 459. The van der Waals surface area contributed by atoms with Crippen LogP contribution in [0.4, 0.5) is 0 Å². The highest BCUT2D eigenvalue weighted by Gasteiger charge is 2.31. The fourth-order valence-corrected chi connectivity index (χ4v) is 3.63. The van der Waals surface area contributed by atoms with Crippen LogP contribution < -0.4 is 16.0 Å². The number of nitrogens with two attached hydrogens (primary N) is 1. The first kappa shape index (κ1) is 15.3. The zero-order chi connectivity index (χ0) is 14.7. The Morgan fingerprint density at radius 2 is 2.05 bits per heavy atom. The van der Waals surface area contributed by atoms with Crippen LogP contribution in [0.1, 0.15) is 55.3 Å². The monoisotopic (exact) mass is 276 g/mol. The van der Waals surface area contributed by atoms with E-state index in [4.69, 9.17) is 10.6 Å². The van der Waals surface area contributed by atoms with Crippen LogP contribution in [0, 0.1) is 25.7 Å². The minimum Gasteiger partial charge on any atom is -0.496 e. The van der Waals surface area contributed by atoms with Crippen LogP contribution in [0.3, 0.4) is 0 Å². The zero-order valence-electron chi connectivity index (χ0n) is 13.2. The first-order valence-corrected chi connectivity index (χ1v) is 7.71. The minimum absolute atomic E-state index is 0.260. The predicted molar refractivity (Wildman–Crippen MR) is 83.7 cm³/mol. The van der Waals surface area contributed by atoms with Crippen molar-refractivity contribution in [2.24, 2.45) is 17.7 Å². The molecule has 3 heteroatoms. The molecule has 0 radical (unpaired) electrons. The Morgan fingerprint density at radius 1 is 1.30 bits per heavy atom. The van der Waals surface area contributed by atoms with Gasteiger partial charge in [-0.2, -0.15) is 0 Å². The molecule has 0 bridgehead atoms. The lowest BCUT2D eigenvalue weighted by atomic mass is 9.87. The molecule has 0 saturated heterocycles. The van der Waals surface area contributed by atoms with E-state index in [0.29, 0.717) is 5.92 Å². The van der Waals surface area contributed by atoms with Gasteiger partial charge in [0.05, 0.1) is 7.11 Å². The lowest BCUT2D eigenvalue weighted by molar-refractivity contribution is 0.356. The van der Waals surface area contributed by atoms with Gasteiger partial charge in [0.15, 0.2) is 0 Å². The normalized spacial score (nSPS) is 23.9. The molecule has 1 aromatic carbocycles. The molecule has 1 saturated carbocycles. The van der Waals surface area contributed by atoms with Gasteiger partial charge in [0.25, 0.3) is 0 Å². The zero-order valence-corrected chi connectivity index (χ0v) is 13.2. The smallest absolute Gasteiger partial charge is 0.122 e. The minimum atomic E-state index is 0.260. The average Bonchev–Trinajstić information content (AvgIpc) is 2.91. The molecule has 2 rings (SSSR count). The van der Waals surface area contributed by atoms with Crippen LogP contribution in [0.5, 0.6) is 5.75 Å². The van der Waals surface area contributed by atoms with Gasteiger partial charge in [-0.1, -0.05) is 25.8 Å². The highest BCUT2D eigenvalue weighted by Crippen LogP contribution is 2.41. The summed E-state index contributed by atoms with van der Waals surface area (Å²) in [6, 6.07) is 4.62. The Kier molecular flexibility index (Phi) is 5.06. The summed E-state index contributed by atoms with van der Waals surface area (Å²) in [6.45, 7) is 6.54. The standard InChI is InChI=1S/C17H28N2O/c1-5-13-6-7-14(10-13)17(19-18)15-8-12(3)16(20-4)9-11(15)2/h8-9,13-14,17,19H,5-7,10,18H2,1-4H3. The molecule has 3 N–H and O–H groups in total.